The fourth-order valence-electron chi connectivity index (χ4n) is 1.36. The van der Waals surface area contributed by atoms with E-state index in [9.17, 15) is 9.90 Å². The zero-order chi connectivity index (χ0) is 9.97. The summed E-state index contributed by atoms with van der Waals surface area (Å²) >= 11 is 0. The monoisotopic (exact) mass is 188 g/mol. The van der Waals surface area contributed by atoms with Crippen LogP contribution in [0.4, 0.5) is 0 Å². The van der Waals surface area contributed by atoms with Gasteiger partial charge in [-0.15, -0.1) is 0 Å². The SMILES string of the molecule is O=Cc1cc(O)cc(C=CC2CC2)c1. The topological polar surface area (TPSA) is 37.3 Å². The van der Waals surface area contributed by atoms with Gasteiger partial charge in [0.15, 0.2) is 0 Å². The molecule has 0 atom stereocenters. The van der Waals surface area contributed by atoms with Crippen molar-refractivity contribution in [1.29, 1.82) is 0 Å². The van der Waals surface area contributed by atoms with Crippen LogP contribution >= 0.6 is 0 Å². The van der Waals surface area contributed by atoms with E-state index in [1.165, 1.54) is 18.9 Å². The highest BCUT2D eigenvalue weighted by Crippen LogP contribution is 2.31. The van der Waals surface area contributed by atoms with Crippen LogP contribution in [0, 0.1) is 5.92 Å². The molecule has 1 N–H and O–H groups in total. The second-order valence-electron chi connectivity index (χ2n) is 3.67. The van der Waals surface area contributed by atoms with Crippen LogP contribution in [0.25, 0.3) is 6.08 Å². The third-order valence-electron chi connectivity index (χ3n) is 2.28. The van der Waals surface area contributed by atoms with Gasteiger partial charge in [-0.25, -0.2) is 0 Å². The minimum Gasteiger partial charge on any atom is -0.508 e. The molecule has 0 radical (unpaired) electrons. The number of carbonyl (C=O) groups is 1. The van der Waals surface area contributed by atoms with Crippen LogP contribution in [-0.4, -0.2) is 11.4 Å². The number of phenols is 1. The maximum atomic E-state index is 10.5. The van der Waals surface area contributed by atoms with Crippen LogP contribution < -0.4 is 0 Å². The van der Waals surface area contributed by atoms with Crippen molar-refractivity contribution < 1.29 is 9.90 Å². The Hall–Kier alpha value is -1.57. The first-order chi connectivity index (χ1) is 6.78. The van der Waals surface area contributed by atoms with Gasteiger partial charge in [-0.05, 0) is 42.5 Å². The third-order valence-corrected chi connectivity index (χ3v) is 2.28. The van der Waals surface area contributed by atoms with Crippen molar-refractivity contribution in [3.8, 4) is 5.75 Å². The van der Waals surface area contributed by atoms with Crippen molar-refractivity contribution in [2.45, 2.75) is 12.8 Å². The van der Waals surface area contributed by atoms with Gasteiger partial charge in [0.1, 0.15) is 12.0 Å². The first kappa shape index (κ1) is 9.00. The Bertz CT molecular complexity index is 376. The number of aldehydes is 1. The number of hydrogen-bond acceptors (Lipinski definition) is 2. The molecule has 1 aromatic carbocycles. The first-order valence-electron chi connectivity index (χ1n) is 4.75. The number of benzene rings is 1. The van der Waals surface area contributed by atoms with Gasteiger partial charge in [0, 0.05) is 5.56 Å². The van der Waals surface area contributed by atoms with Crippen LogP contribution in [0.2, 0.25) is 0 Å². The largest absolute Gasteiger partial charge is 0.508 e. The number of rotatable bonds is 3. The lowest BCUT2D eigenvalue weighted by molar-refractivity contribution is 0.112. The Kier molecular flexibility index (Phi) is 2.35. The first-order valence-corrected chi connectivity index (χ1v) is 4.75. The molecule has 1 saturated carbocycles. The van der Waals surface area contributed by atoms with E-state index in [0.29, 0.717) is 11.5 Å². The molecule has 14 heavy (non-hydrogen) atoms. The highest BCUT2D eigenvalue weighted by atomic mass is 16.3. The zero-order valence-corrected chi connectivity index (χ0v) is 7.81. The van der Waals surface area contributed by atoms with E-state index in [4.69, 9.17) is 0 Å². The van der Waals surface area contributed by atoms with E-state index in [2.05, 4.69) is 6.08 Å². The molecule has 1 fully saturated rings. The van der Waals surface area contributed by atoms with E-state index < -0.39 is 0 Å². The third kappa shape index (κ3) is 2.22. The lowest BCUT2D eigenvalue weighted by Gasteiger charge is -1.97. The van der Waals surface area contributed by atoms with Gasteiger partial charge in [-0.1, -0.05) is 12.2 Å². The van der Waals surface area contributed by atoms with Gasteiger partial charge < -0.3 is 5.11 Å². The molecule has 0 unspecified atom stereocenters. The van der Waals surface area contributed by atoms with Gasteiger partial charge in [0.25, 0.3) is 0 Å². The van der Waals surface area contributed by atoms with E-state index in [-0.39, 0.29) is 5.75 Å². The Labute approximate surface area is 82.9 Å². The predicted molar refractivity (Wildman–Crippen MR) is 55.3 cm³/mol. The van der Waals surface area contributed by atoms with Crippen LogP contribution in [0.1, 0.15) is 28.8 Å². The molecular weight excluding hydrogens is 176 g/mol. The molecular formula is C12H12O2. The number of phenolic OH excluding ortho intramolecular Hbond substituents is 1. The summed E-state index contributed by atoms with van der Waals surface area (Å²) in [4.78, 5) is 10.5. The van der Waals surface area contributed by atoms with Crippen molar-refractivity contribution >= 4 is 12.4 Å². The number of hydrogen-bond donors (Lipinski definition) is 1. The minimum absolute atomic E-state index is 0.144. The maximum Gasteiger partial charge on any atom is 0.150 e. The number of carbonyl (C=O) groups excluding carboxylic acids is 1. The van der Waals surface area contributed by atoms with Gasteiger partial charge in [0.2, 0.25) is 0 Å². The maximum absolute atomic E-state index is 10.5. The van der Waals surface area contributed by atoms with E-state index in [1.54, 1.807) is 12.1 Å². The molecule has 0 bridgehead atoms. The van der Waals surface area contributed by atoms with Gasteiger partial charge >= 0.3 is 0 Å². The van der Waals surface area contributed by atoms with Crippen LogP contribution in [-0.2, 0) is 0 Å². The summed E-state index contributed by atoms with van der Waals surface area (Å²) in [7, 11) is 0. The summed E-state index contributed by atoms with van der Waals surface area (Å²) in [6.07, 6.45) is 7.35. The minimum atomic E-state index is 0.144. The molecule has 0 spiro atoms. The highest BCUT2D eigenvalue weighted by molar-refractivity contribution is 5.77. The molecule has 0 aromatic heterocycles. The smallest absolute Gasteiger partial charge is 0.150 e. The van der Waals surface area contributed by atoms with Gasteiger partial charge in [-0.3, -0.25) is 4.79 Å². The van der Waals surface area contributed by atoms with Crippen molar-refractivity contribution in [1.82, 2.24) is 0 Å². The Morgan fingerprint density at radius 1 is 1.21 bits per heavy atom. The van der Waals surface area contributed by atoms with Crippen molar-refractivity contribution in [3.63, 3.8) is 0 Å². The predicted octanol–water partition coefficient (Wildman–Crippen LogP) is 2.63. The lowest BCUT2D eigenvalue weighted by Crippen LogP contribution is -1.81. The summed E-state index contributed by atoms with van der Waals surface area (Å²) in [5.74, 6) is 0.849. The molecule has 2 rings (SSSR count). The highest BCUT2D eigenvalue weighted by Gasteiger charge is 2.16. The van der Waals surface area contributed by atoms with Crippen molar-refractivity contribution in [3.05, 3.63) is 35.4 Å². The molecule has 0 amide bonds. The van der Waals surface area contributed by atoms with Crippen LogP contribution in [0.5, 0.6) is 5.75 Å². The fourth-order valence-corrected chi connectivity index (χ4v) is 1.36. The molecule has 1 aromatic rings. The standard InChI is InChI=1S/C12H12O2/c13-8-11-5-10(6-12(14)7-11)4-3-9-1-2-9/h3-9,14H,1-2H2. The molecule has 72 valence electrons. The number of aromatic hydroxyl groups is 1. The Morgan fingerprint density at radius 2 is 1.93 bits per heavy atom. The molecule has 2 nitrogen and oxygen atoms in total. The van der Waals surface area contributed by atoms with E-state index in [1.807, 2.05) is 6.08 Å². The average Bonchev–Trinajstić information content (AvgIpc) is 2.97. The molecule has 2 heteroatoms. The summed E-state index contributed by atoms with van der Waals surface area (Å²) in [5, 5.41) is 9.31. The van der Waals surface area contributed by atoms with Gasteiger partial charge in [-0.2, -0.15) is 0 Å². The van der Waals surface area contributed by atoms with Crippen molar-refractivity contribution in [2.75, 3.05) is 0 Å². The van der Waals surface area contributed by atoms with Crippen molar-refractivity contribution in [2.24, 2.45) is 5.92 Å². The molecule has 1 aliphatic rings. The van der Waals surface area contributed by atoms with Crippen LogP contribution in [0.15, 0.2) is 24.3 Å². The summed E-state index contributed by atoms with van der Waals surface area (Å²) < 4.78 is 0. The fraction of sp³-hybridized carbons (Fsp3) is 0.250. The van der Waals surface area contributed by atoms with Crippen LogP contribution in [0.3, 0.4) is 0 Å². The number of allylic oxidation sites excluding steroid dienone is 1. The zero-order valence-electron chi connectivity index (χ0n) is 7.81. The molecule has 0 saturated heterocycles. The summed E-state index contributed by atoms with van der Waals surface area (Å²) in [6.45, 7) is 0. The summed E-state index contributed by atoms with van der Waals surface area (Å²) in [6, 6.07) is 4.89. The van der Waals surface area contributed by atoms with E-state index >= 15 is 0 Å². The second kappa shape index (κ2) is 3.66. The normalized spacial score (nSPS) is 16.0. The summed E-state index contributed by atoms with van der Waals surface area (Å²) in [5.41, 5.74) is 1.40. The Balaban J connectivity index is 2.22. The second-order valence-corrected chi connectivity index (χ2v) is 3.67. The average molecular weight is 188 g/mol. The van der Waals surface area contributed by atoms with Gasteiger partial charge in [0.05, 0.1) is 0 Å². The van der Waals surface area contributed by atoms with E-state index in [0.717, 1.165) is 11.8 Å². The Morgan fingerprint density at radius 3 is 2.57 bits per heavy atom. The molecule has 0 heterocycles. The molecule has 1 aliphatic carbocycles. The quantitative estimate of drug-likeness (QED) is 0.740. The molecule has 0 aliphatic heterocycles. The lowest BCUT2D eigenvalue weighted by atomic mass is 10.1.